The van der Waals surface area contributed by atoms with Crippen LogP contribution in [0.25, 0.3) is 0 Å². The predicted molar refractivity (Wildman–Crippen MR) is 83.0 cm³/mol. The molecule has 0 spiro atoms. The first-order valence-corrected chi connectivity index (χ1v) is 8.92. The molecule has 120 valence electrons. The second-order valence-corrected chi connectivity index (χ2v) is 7.64. The number of hydrogen-bond donors (Lipinski definition) is 2. The highest BCUT2D eigenvalue weighted by molar-refractivity contribution is 7.89. The van der Waals surface area contributed by atoms with Crippen LogP contribution in [-0.2, 0) is 25.4 Å². The third-order valence-electron chi connectivity index (χ3n) is 3.15. The van der Waals surface area contributed by atoms with E-state index in [1.54, 1.807) is 0 Å². The van der Waals surface area contributed by atoms with Gasteiger partial charge in [-0.3, -0.25) is 14.3 Å². The molecule has 1 heterocycles. The Kier molecular flexibility index (Phi) is 5.31. The quantitative estimate of drug-likeness (QED) is 0.845. The van der Waals surface area contributed by atoms with Crippen molar-refractivity contribution in [3.63, 3.8) is 0 Å². The zero-order chi connectivity index (χ0) is 16.3. The van der Waals surface area contributed by atoms with Gasteiger partial charge in [0.15, 0.2) is 0 Å². The maximum Gasteiger partial charge on any atom is 0.239 e. The first-order valence-electron chi connectivity index (χ1n) is 6.51. The van der Waals surface area contributed by atoms with Crippen LogP contribution in [0.4, 0.5) is 0 Å². The molecular weight excluding hydrogens is 351 g/mol. The van der Waals surface area contributed by atoms with E-state index < -0.39 is 27.6 Å². The van der Waals surface area contributed by atoms with Gasteiger partial charge >= 0.3 is 0 Å². The molecule has 1 aromatic carbocycles. The fraction of sp³-hybridized carbons (Fsp3) is 0.385. The Hall–Kier alpha value is -1.31. The van der Waals surface area contributed by atoms with Crippen LogP contribution in [-0.4, -0.2) is 26.8 Å². The Labute approximate surface area is 138 Å². The summed E-state index contributed by atoms with van der Waals surface area (Å²) in [5, 5.41) is 3.21. The van der Waals surface area contributed by atoms with Gasteiger partial charge in [0.25, 0.3) is 0 Å². The SMILES string of the molecule is O=C1CC(C(=O)NS(=O)(=O)Cc2cc(Cl)cc(Cl)c2)CCN1. The maximum atomic E-state index is 12.0. The number of benzene rings is 1. The number of halogens is 2. The van der Waals surface area contributed by atoms with Gasteiger partial charge in [-0.05, 0) is 30.2 Å². The molecule has 1 fully saturated rings. The monoisotopic (exact) mass is 364 g/mol. The number of hydrogen-bond acceptors (Lipinski definition) is 4. The Morgan fingerprint density at radius 1 is 1.27 bits per heavy atom. The molecule has 9 heteroatoms. The summed E-state index contributed by atoms with van der Waals surface area (Å²) in [6.07, 6.45) is 0.403. The highest BCUT2D eigenvalue weighted by atomic mass is 35.5. The largest absolute Gasteiger partial charge is 0.356 e. The standard InChI is InChI=1S/C13H14Cl2N2O4S/c14-10-3-8(4-11(15)6-10)7-22(20,21)17-13(19)9-1-2-16-12(18)5-9/h3-4,6,9H,1-2,5,7H2,(H,16,18)(H,17,19). The first-order chi connectivity index (χ1) is 10.2. The molecule has 1 saturated heterocycles. The van der Waals surface area contributed by atoms with E-state index >= 15 is 0 Å². The maximum absolute atomic E-state index is 12.0. The summed E-state index contributed by atoms with van der Waals surface area (Å²) in [7, 11) is -3.88. The summed E-state index contributed by atoms with van der Waals surface area (Å²) in [6.45, 7) is 0.362. The number of carbonyl (C=O) groups excluding carboxylic acids is 2. The molecule has 1 aliphatic rings. The molecule has 22 heavy (non-hydrogen) atoms. The van der Waals surface area contributed by atoms with Crippen molar-refractivity contribution in [3.8, 4) is 0 Å². The average molecular weight is 365 g/mol. The third kappa shape index (κ3) is 4.86. The number of amides is 2. The Balaban J connectivity index is 2.04. The molecule has 1 atom stereocenters. The summed E-state index contributed by atoms with van der Waals surface area (Å²) in [4.78, 5) is 23.2. The fourth-order valence-corrected chi connectivity index (χ4v) is 3.92. The van der Waals surface area contributed by atoms with Crippen molar-refractivity contribution in [2.24, 2.45) is 5.92 Å². The topological polar surface area (TPSA) is 92.3 Å². The highest BCUT2D eigenvalue weighted by Crippen LogP contribution is 2.20. The Morgan fingerprint density at radius 3 is 2.50 bits per heavy atom. The second-order valence-electron chi connectivity index (χ2n) is 5.04. The van der Waals surface area contributed by atoms with E-state index in [4.69, 9.17) is 23.2 Å². The average Bonchev–Trinajstić information content (AvgIpc) is 2.35. The van der Waals surface area contributed by atoms with Crippen molar-refractivity contribution in [3.05, 3.63) is 33.8 Å². The zero-order valence-corrected chi connectivity index (χ0v) is 13.8. The summed E-state index contributed by atoms with van der Waals surface area (Å²) in [5.41, 5.74) is 0.374. The summed E-state index contributed by atoms with van der Waals surface area (Å²) >= 11 is 11.6. The minimum Gasteiger partial charge on any atom is -0.356 e. The molecule has 6 nitrogen and oxygen atoms in total. The summed E-state index contributed by atoms with van der Waals surface area (Å²) in [5.74, 6) is -1.97. The second kappa shape index (κ2) is 6.85. The zero-order valence-electron chi connectivity index (χ0n) is 11.4. The number of nitrogens with one attached hydrogen (secondary N) is 2. The molecule has 0 saturated carbocycles. The van der Waals surface area contributed by atoms with Crippen molar-refractivity contribution < 1.29 is 18.0 Å². The molecule has 2 N–H and O–H groups in total. The van der Waals surface area contributed by atoms with Crippen LogP contribution < -0.4 is 10.0 Å². The van der Waals surface area contributed by atoms with Gasteiger partial charge in [-0.15, -0.1) is 0 Å². The number of carbonyl (C=O) groups is 2. The van der Waals surface area contributed by atoms with Crippen LogP contribution in [0, 0.1) is 5.92 Å². The van der Waals surface area contributed by atoms with Gasteiger partial charge in [0.05, 0.1) is 5.75 Å². The van der Waals surface area contributed by atoms with E-state index in [-0.39, 0.29) is 12.3 Å². The fourth-order valence-electron chi connectivity index (χ4n) is 2.19. The van der Waals surface area contributed by atoms with Crippen molar-refractivity contribution in [1.29, 1.82) is 0 Å². The lowest BCUT2D eigenvalue weighted by Gasteiger charge is -2.21. The van der Waals surface area contributed by atoms with Crippen molar-refractivity contribution in [2.75, 3.05) is 6.54 Å². The van der Waals surface area contributed by atoms with Crippen LogP contribution in [0.3, 0.4) is 0 Å². The van der Waals surface area contributed by atoms with Gasteiger partial charge in [0, 0.05) is 28.9 Å². The Bertz CT molecular complexity index is 686. The summed E-state index contributed by atoms with van der Waals surface area (Å²) < 4.78 is 26.1. The van der Waals surface area contributed by atoms with Crippen LogP contribution >= 0.6 is 23.2 Å². The number of rotatable bonds is 4. The van der Waals surface area contributed by atoms with Crippen LogP contribution in [0.2, 0.25) is 10.0 Å². The third-order valence-corrected chi connectivity index (χ3v) is 4.81. The lowest BCUT2D eigenvalue weighted by atomic mass is 9.97. The van der Waals surface area contributed by atoms with E-state index in [0.717, 1.165) is 0 Å². The van der Waals surface area contributed by atoms with E-state index in [1.165, 1.54) is 18.2 Å². The summed E-state index contributed by atoms with van der Waals surface area (Å²) in [6, 6.07) is 4.41. The number of piperidine rings is 1. The van der Waals surface area contributed by atoms with E-state index in [2.05, 4.69) is 5.32 Å². The van der Waals surface area contributed by atoms with Gasteiger partial charge in [0.1, 0.15) is 0 Å². The van der Waals surface area contributed by atoms with Crippen LogP contribution in [0.15, 0.2) is 18.2 Å². The van der Waals surface area contributed by atoms with Gasteiger partial charge in [-0.2, -0.15) is 0 Å². The lowest BCUT2D eigenvalue weighted by molar-refractivity contribution is -0.131. The molecule has 2 amide bonds. The number of sulfonamides is 1. The molecule has 2 rings (SSSR count). The molecule has 0 radical (unpaired) electrons. The lowest BCUT2D eigenvalue weighted by Crippen LogP contribution is -2.43. The first kappa shape index (κ1) is 17.1. The molecule has 1 aromatic rings. The van der Waals surface area contributed by atoms with E-state index in [1.807, 2.05) is 4.72 Å². The molecule has 1 unspecified atom stereocenters. The Morgan fingerprint density at radius 2 is 1.91 bits per heavy atom. The highest BCUT2D eigenvalue weighted by Gasteiger charge is 2.28. The molecular formula is C13H14Cl2N2O4S. The molecule has 0 aliphatic carbocycles. The molecule has 0 bridgehead atoms. The minimum absolute atomic E-state index is 0.00958. The van der Waals surface area contributed by atoms with E-state index in [9.17, 15) is 18.0 Å². The van der Waals surface area contributed by atoms with E-state index in [0.29, 0.717) is 28.6 Å². The van der Waals surface area contributed by atoms with Crippen LogP contribution in [0.1, 0.15) is 18.4 Å². The minimum atomic E-state index is -3.88. The van der Waals surface area contributed by atoms with Gasteiger partial charge in [-0.1, -0.05) is 23.2 Å². The predicted octanol–water partition coefficient (Wildman–Crippen LogP) is 1.47. The normalized spacial score (nSPS) is 18.6. The van der Waals surface area contributed by atoms with Gasteiger partial charge in [0.2, 0.25) is 21.8 Å². The smallest absolute Gasteiger partial charge is 0.239 e. The van der Waals surface area contributed by atoms with Crippen LogP contribution in [0.5, 0.6) is 0 Å². The van der Waals surface area contributed by atoms with Crippen molar-refractivity contribution in [1.82, 2.24) is 10.0 Å². The van der Waals surface area contributed by atoms with Gasteiger partial charge < -0.3 is 5.32 Å². The van der Waals surface area contributed by atoms with Crippen molar-refractivity contribution >= 4 is 45.0 Å². The van der Waals surface area contributed by atoms with Gasteiger partial charge in [-0.25, -0.2) is 8.42 Å². The molecule has 0 aromatic heterocycles. The molecule has 1 aliphatic heterocycles. The van der Waals surface area contributed by atoms with Crippen molar-refractivity contribution in [2.45, 2.75) is 18.6 Å².